The molecule has 1 aliphatic heterocycles. The summed E-state index contributed by atoms with van der Waals surface area (Å²) in [6.45, 7) is -0.281. The predicted molar refractivity (Wildman–Crippen MR) is 118 cm³/mol. The second-order valence-electron chi connectivity index (χ2n) is 6.78. The van der Waals surface area contributed by atoms with Crippen molar-refractivity contribution in [2.75, 3.05) is 18.7 Å². The van der Waals surface area contributed by atoms with E-state index in [1.807, 2.05) is 0 Å². The Morgan fingerprint density at radius 2 is 1.55 bits per heavy atom. The van der Waals surface area contributed by atoms with Gasteiger partial charge in [0.2, 0.25) is 0 Å². The van der Waals surface area contributed by atoms with E-state index in [2.05, 4.69) is 0 Å². The molecule has 3 amide bonds. The molecule has 0 N–H and O–H groups in total. The highest BCUT2D eigenvalue weighted by Crippen LogP contribution is 2.29. The van der Waals surface area contributed by atoms with Crippen molar-refractivity contribution in [2.45, 2.75) is 0 Å². The number of hydrogen-bond acceptors (Lipinski definition) is 4. The van der Waals surface area contributed by atoms with Crippen molar-refractivity contribution >= 4 is 46.6 Å². The third kappa shape index (κ3) is 3.87. The van der Waals surface area contributed by atoms with Gasteiger partial charge in [-0.3, -0.25) is 24.2 Å². The number of rotatable bonds is 5. The van der Waals surface area contributed by atoms with Crippen LogP contribution in [0.2, 0.25) is 10.0 Å². The predicted octanol–water partition coefficient (Wildman–Crippen LogP) is 4.90. The van der Waals surface area contributed by atoms with E-state index in [0.29, 0.717) is 27.6 Å². The van der Waals surface area contributed by atoms with Crippen LogP contribution >= 0.6 is 23.2 Å². The molecule has 1 aliphatic rings. The van der Waals surface area contributed by atoms with Gasteiger partial charge in [-0.2, -0.15) is 0 Å². The standard InChI is InChI=1S/C23H16Cl2N2O4/c1-31-16-9-7-15(8-10-16)26(23(30)19-11-6-14(24)12-20(19)25)13-27-21(28)17-4-2-3-5-18(17)22(27)29/h2-12H,13H2,1H3. The zero-order valence-corrected chi connectivity index (χ0v) is 17.9. The average molecular weight is 455 g/mol. The smallest absolute Gasteiger partial charge is 0.263 e. The van der Waals surface area contributed by atoms with Gasteiger partial charge in [0.15, 0.2) is 0 Å². The normalized spacial score (nSPS) is 12.7. The molecule has 6 nitrogen and oxygen atoms in total. The Balaban J connectivity index is 1.73. The van der Waals surface area contributed by atoms with Crippen molar-refractivity contribution in [1.29, 1.82) is 0 Å². The van der Waals surface area contributed by atoms with E-state index >= 15 is 0 Å². The number of benzene rings is 3. The summed E-state index contributed by atoms with van der Waals surface area (Å²) in [4.78, 5) is 41.5. The summed E-state index contributed by atoms with van der Waals surface area (Å²) < 4.78 is 5.18. The van der Waals surface area contributed by atoms with Gasteiger partial charge in [0.05, 0.1) is 28.8 Å². The number of nitrogens with zero attached hydrogens (tertiary/aromatic N) is 2. The van der Waals surface area contributed by atoms with Crippen LogP contribution in [0.5, 0.6) is 5.75 Å². The molecule has 0 atom stereocenters. The Hall–Kier alpha value is -3.35. The first kappa shape index (κ1) is 20.9. The molecule has 8 heteroatoms. The number of carbonyl (C=O) groups is 3. The molecular weight excluding hydrogens is 439 g/mol. The number of halogens is 2. The highest BCUT2D eigenvalue weighted by Gasteiger charge is 2.37. The first-order chi connectivity index (χ1) is 14.9. The van der Waals surface area contributed by atoms with Crippen molar-refractivity contribution in [3.8, 4) is 5.75 Å². The Kier molecular flexibility index (Phi) is 5.67. The van der Waals surface area contributed by atoms with E-state index in [9.17, 15) is 14.4 Å². The van der Waals surface area contributed by atoms with E-state index in [1.54, 1.807) is 54.6 Å². The Bertz CT molecular complexity index is 1160. The second-order valence-corrected chi connectivity index (χ2v) is 7.62. The molecule has 156 valence electrons. The van der Waals surface area contributed by atoms with Gasteiger partial charge in [-0.05, 0) is 54.6 Å². The minimum absolute atomic E-state index is 0.165. The van der Waals surface area contributed by atoms with Crippen LogP contribution < -0.4 is 9.64 Å². The highest BCUT2D eigenvalue weighted by molar-refractivity contribution is 6.37. The molecule has 4 rings (SSSR count). The number of amides is 3. The minimum Gasteiger partial charge on any atom is -0.497 e. The monoisotopic (exact) mass is 454 g/mol. The molecule has 0 aromatic heterocycles. The van der Waals surface area contributed by atoms with Crippen molar-refractivity contribution < 1.29 is 19.1 Å². The lowest BCUT2D eigenvalue weighted by molar-refractivity contribution is 0.0650. The molecule has 0 aliphatic carbocycles. The molecular formula is C23H16Cl2N2O4. The molecule has 0 saturated heterocycles. The maximum Gasteiger partial charge on any atom is 0.263 e. The number of hydrogen-bond donors (Lipinski definition) is 0. The molecule has 3 aromatic rings. The lowest BCUT2D eigenvalue weighted by atomic mass is 10.1. The maximum atomic E-state index is 13.4. The zero-order valence-electron chi connectivity index (χ0n) is 16.3. The summed E-state index contributed by atoms with van der Waals surface area (Å²) >= 11 is 12.2. The van der Waals surface area contributed by atoms with Gasteiger partial charge in [0.1, 0.15) is 12.4 Å². The average Bonchev–Trinajstić information content (AvgIpc) is 3.02. The fourth-order valence-corrected chi connectivity index (χ4v) is 3.83. The van der Waals surface area contributed by atoms with E-state index in [-0.39, 0.29) is 17.3 Å². The van der Waals surface area contributed by atoms with Crippen LogP contribution in [-0.2, 0) is 0 Å². The molecule has 0 spiro atoms. The van der Waals surface area contributed by atoms with Crippen molar-refractivity contribution in [3.05, 3.63) is 93.5 Å². The number of ether oxygens (including phenoxy) is 1. The van der Waals surface area contributed by atoms with Crippen LogP contribution in [0.1, 0.15) is 31.1 Å². The molecule has 31 heavy (non-hydrogen) atoms. The number of anilines is 1. The first-order valence-corrected chi connectivity index (χ1v) is 10.0. The largest absolute Gasteiger partial charge is 0.497 e. The van der Waals surface area contributed by atoms with Gasteiger partial charge >= 0.3 is 0 Å². The molecule has 0 saturated carbocycles. The topological polar surface area (TPSA) is 66.9 Å². The number of fused-ring (bicyclic) bond motifs is 1. The Morgan fingerprint density at radius 1 is 0.935 bits per heavy atom. The molecule has 0 bridgehead atoms. The Labute approximate surface area is 188 Å². The van der Waals surface area contributed by atoms with E-state index in [1.165, 1.54) is 24.1 Å². The van der Waals surface area contributed by atoms with Crippen LogP contribution in [0.25, 0.3) is 0 Å². The third-order valence-corrected chi connectivity index (χ3v) is 5.50. The molecule has 0 unspecified atom stereocenters. The fraction of sp³-hybridized carbons (Fsp3) is 0.0870. The summed E-state index contributed by atoms with van der Waals surface area (Å²) in [6, 6.07) is 17.8. The molecule has 1 heterocycles. The molecule has 3 aromatic carbocycles. The van der Waals surface area contributed by atoms with E-state index < -0.39 is 17.7 Å². The third-order valence-electron chi connectivity index (χ3n) is 4.95. The Morgan fingerprint density at radius 3 is 2.10 bits per heavy atom. The fourth-order valence-electron chi connectivity index (χ4n) is 3.34. The maximum absolute atomic E-state index is 13.4. The number of methoxy groups -OCH3 is 1. The highest BCUT2D eigenvalue weighted by atomic mass is 35.5. The van der Waals surface area contributed by atoms with E-state index in [4.69, 9.17) is 27.9 Å². The lowest BCUT2D eigenvalue weighted by Crippen LogP contribution is -2.44. The van der Waals surface area contributed by atoms with Gasteiger partial charge in [0.25, 0.3) is 17.7 Å². The summed E-state index contributed by atoms with van der Waals surface area (Å²) in [5.74, 6) is -0.812. The first-order valence-electron chi connectivity index (χ1n) is 9.27. The quantitative estimate of drug-likeness (QED) is 0.514. The second kappa shape index (κ2) is 8.41. The van der Waals surface area contributed by atoms with Crippen LogP contribution in [-0.4, -0.2) is 36.4 Å². The van der Waals surface area contributed by atoms with Crippen molar-refractivity contribution in [1.82, 2.24) is 4.90 Å². The van der Waals surface area contributed by atoms with Gasteiger partial charge in [0, 0.05) is 10.7 Å². The number of imide groups is 1. The van der Waals surface area contributed by atoms with Crippen LogP contribution in [0, 0.1) is 0 Å². The number of carbonyl (C=O) groups excluding carboxylic acids is 3. The summed E-state index contributed by atoms with van der Waals surface area (Å²) in [6.07, 6.45) is 0. The van der Waals surface area contributed by atoms with Crippen LogP contribution in [0.4, 0.5) is 5.69 Å². The van der Waals surface area contributed by atoms with Crippen molar-refractivity contribution in [2.24, 2.45) is 0 Å². The van der Waals surface area contributed by atoms with Crippen molar-refractivity contribution in [3.63, 3.8) is 0 Å². The van der Waals surface area contributed by atoms with Gasteiger partial charge in [-0.1, -0.05) is 35.3 Å². The van der Waals surface area contributed by atoms with Gasteiger partial charge in [-0.15, -0.1) is 0 Å². The lowest BCUT2D eigenvalue weighted by Gasteiger charge is -2.27. The minimum atomic E-state index is -0.483. The van der Waals surface area contributed by atoms with E-state index in [0.717, 1.165) is 4.90 Å². The summed E-state index contributed by atoms with van der Waals surface area (Å²) in [7, 11) is 1.53. The molecule has 0 radical (unpaired) electrons. The van der Waals surface area contributed by atoms with Gasteiger partial charge < -0.3 is 4.74 Å². The molecule has 0 fully saturated rings. The van der Waals surface area contributed by atoms with Crippen LogP contribution in [0.3, 0.4) is 0 Å². The van der Waals surface area contributed by atoms with Gasteiger partial charge in [-0.25, -0.2) is 0 Å². The summed E-state index contributed by atoms with van der Waals surface area (Å²) in [5, 5.41) is 0.552. The summed E-state index contributed by atoms with van der Waals surface area (Å²) in [5.41, 5.74) is 1.27. The zero-order chi connectivity index (χ0) is 22.1. The SMILES string of the molecule is COc1ccc(N(CN2C(=O)c3ccccc3C2=O)C(=O)c2ccc(Cl)cc2Cl)cc1. The van der Waals surface area contributed by atoms with Crippen LogP contribution in [0.15, 0.2) is 66.7 Å².